The van der Waals surface area contributed by atoms with Gasteiger partial charge in [-0.2, -0.15) is 0 Å². The maximum absolute atomic E-state index is 12.9. The minimum atomic E-state index is -0.248. The molecule has 0 amide bonds. The highest BCUT2D eigenvalue weighted by Crippen LogP contribution is 2.28. The van der Waals surface area contributed by atoms with E-state index >= 15 is 0 Å². The van der Waals surface area contributed by atoms with E-state index in [2.05, 4.69) is 42.3 Å². The van der Waals surface area contributed by atoms with Crippen LogP contribution in [-0.4, -0.2) is 37.8 Å². The van der Waals surface area contributed by atoms with Crippen molar-refractivity contribution in [1.29, 1.82) is 0 Å². The Kier molecular flexibility index (Phi) is 4.72. The molecule has 0 unspecified atom stereocenters. The van der Waals surface area contributed by atoms with Crippen LogP contribution in [-0.2, 0) is 0 Å². The molecule has 1 aromatic carbocycles. The number of hydrogen-bond donors (Lipinski definition) is 1. The van der Waals surface area contributed by atoms with Gasteiger partial charge in [0.25, 0.3) is 0 Å². The van der Waals surface area contributed by atoms with Crippen LogP contribution in [0, 0.1) is 13.8 Å². The summed E-state index contributed by atoms with van der Waals surface area (Å²) in [5.41, 5.74) is 3.91. The molecule has 18 heavy (non-hydrogen) atoms. The van der Waals surface area contributed by atoms with Crippen molar-refractivity contribution in [3.63, 3.8) is 0 Å². The molecular formula is C15H23FN2. The van der Waals surface area contributed by atoms with Crippen molar-refractivity contribution in [1.82, 2.24) is 10.2 Å². The smallest absolute Gasteiger partial charge is 0.0912 e. The van der Waals surface area contributed by atoms with Crippen molar-refractivity contribution in [2.45, 2.75) is 26.3 Å². The summed E-state index contributed by atoms with van der Waals surface area (Å²) in [5, 5.41) is 3.35. The zero-order valence-corrected chi connectivity index (χ0v) is 11.4. The first-order valence-electron chi connectivity index (χ1n) is 6.81. The van der Waals surface area contributed by atoms with E-state index in [0.29, 0.717) is 6.42 Å². The van der Waals surface area contributed by atoms with Gasteiger partial charge >= 0.3 is 0 Å². The molecule has 1 N–H and O–H groups in total. The van der Waals surface area contributed by atoms with Gasteiger partial charge in [0.05, 0.1) is 6.67 Å². The predicted molar refractivity (Wildman–Crippen MR) is 73.7 cm³/mol. The zero-order chi connectivity index (χ0) is 13.0. The molecule has 0 saturated carbocycles. The number of hydrogen-bond acceptors (Lipinski definition) is 2. The van der Waals surface area contributed by atoms with Crippen molar-refractivity contribution < 1.29 is 4.39 Å². The molecule has 3 heteroatoms. The first-order chi connectivity index (χ1) is 8.74. The second-order valence-corrected chi connectivity index (χ2v) is 5.07. The van der Waals surface area contributed by atoms with E-state index in [1.165, 1.54) is 16.7 Å². The monoisotopic (exact) mass is 250 g/mol. The zero-order valence-electron chi connectivity index (χ0n) is 11.4. The normalized spacial score (nSPS) is 18.8. The maximum atomic E-state index is 12.9. The first kappa shape index (κ1) is 13.5. The molecule has 0 spiro atoms. The molecule has 1 atom stereocenters. The highest BCUT2D eigenvalue weighted by atomic mass is 19.1. The quantitative estimate of drug-likeness (QED) is 0.883. The molecule has 0 aliphatic carbocycles. The average Bonchev–Trinajstić information content (AvgIpc) is 2.41. The number of piperazine rings is 1. The Hall–Kier alpha value is -0.930. The van der Waals surface area contributed by atoms with E-state index in [4.69, 9.17) is 0 Å². The molecule has 100 valence electrons. The van der Waals surface area contributed by atoms with E-state index in [1.807, 2.05) is 0 Å². The molecule has 2 nitrogen and oxygen atoms in total. The van der Waals surface area contributed by atoms with E-state index in [9.17, 15) is 4.39 Å². The number of benzene rings is 1. The number of halogens is 1. The molecular weight excluding hydrogens is 227 g/mol. The molecule has 0 bridgehead atoms. The van der Waals surface area contributed by atoms with Gasteiger partial charge in [-0.05, 0) is 37.0 Å². The van der Waals surface area contributed by atoms with Crippen molar-refractivity contribution >= 4 is 0 Å². The van der Waals surface area contributed by atoms with E-state index < -0.39 is 0 Å². The fourth-order valence-corrected chi connectivity index (χ4v) is 2.77. The standard InChI is InChI=1S/C15H23FN2/c1-12-4-3-5-14(13(12)2)15(6-7-16)18-10-8-17-9-11-18/h3-5,15,17H,6-11H2,1-2H3/t15-/m0/s1. The van der Waals surface area contributed by atoms with Gasteiger partial charge < -0.3 is 5.32 Å². The second kappa shape index (κ2) is 6.30. The maximum Gasteiger partial charge on any atom is 0.0912 e. The molecule has 1 heterocycles. The lowest BCUT2D eigenvalue weighted by atomic mass is 9.94. The van der Waals surface area contributed by atoms with Crippen LogP contribution in [0.1, 0.15) is 29.2 Å². The molecule has 0 aromatic heterocycles. The van der Waals surface area contributed by atoms with Crippen molar-refractivity contribution in [2.75, 3.05) is 32.9 Å². The Morgan fingerprint density at radius 2 is 2.00 bits per heavy atom. The van der Waals surface area contributed by atoms with Gasteiger partial charge in [0.1, 0.15) is 0 Å². The van der Waals surface area contributed by atoms with Crippen LogP contribution in [0.5, 0.6) is 0 Å². The lowest BCUT2D eigenvalue weighted by Crippen LogP contribution is -2.45. The summed E-state index contributed by atoms with van der Waals surface area (Å²) in [4.78, 5) is 2.41. The summed E-state index contributed by atoms with van der Waals surface area (Å²) in [6.07, 6.45) is 0.601. The highest BCUT2D eigenvalue weighted by molar-refractivity contribution is 5.35. The Labute approximate surface area is 109 Å². The first-order valence-corrected chi connectivity index (χ1v) is 6.81. The molecule has 1 aliphatic heterocycles. The summed E-state index contributed by atoms with van der Waals surface area (Å²) in [5.74, 6) is 0. The Bertz CT molecular complexity index is 386. The summed E-state index contributed by atoms with van der Waals surface area (Å²) >= 11 is 0. The van der Waals surface area contributed by atoms with Crippen LogP contribution in [0.15, 0.2) is 18.2 Å². The Morgan fingerprint density at radius 1 is 1.28 bits per heavy atom. The van der Waals surface area contributed by atoms with Crippen molar-refractivity contribution in [3.05, 3.63) is 34.9 Å². The lowest BCUT2D eigenvalue weighted by molar-refractivity contribution is 0.157. The molecule has 1 saturated heterocycles. The lowest BCUT2D eigenvalue weighted by Gasteiger charge is -2.35. The van der Waals surface area contributed by atoms with Crippen LogP contribution >= 0.6 is 0 Å². The minimum Gasteiger partial charge on any atom is -0.314 e. The highest BCUT2D eigenvalue weighted by Gasteiger charge is 2.23. The molecule has 2 rings (SSSR count). The third kappa shape index (κ3) is 2.90. The Morgan fingerprint density at radius 3 is 2.67 bits per heavy atom. The van der Waals surface area contributed by atoms with Gasteiger partial charge in [-0.1, -0.05) is 18.2 Å². The Balaban J connectivity index is 2.25. The summed E-state index contributed by atoms with van der Waals surface area (Å²) in [6, 6.07) is 6.61. The molecule has 1 aromatic rings. The minimum absolute atomic E-state index is 0.233. The van der Waals surface area contributed by atoms with Gasteiger partial charge in [0.15, 0.2) is 0 Å². The van der Waals surface area contributed by atoms with E-state index in [-0.39, 0.29) is 12.7 Å². The third-order valence-electron chi connectivity index (χ3n) is 3.98. The fourth-order valence-electron chi connectivity index (χ4n) is 2.77. The van der Waals surface area contributed by atoms with Crippen molar-refractivity contribution in [3.8, 4) is 0 Å². The van der Waals surface area contributed by atoms with Gasteiger partial charge in [0, 0.05) is 32.2 Å². The number of alkyl halides is 1. The molecule has 1 fully saturated rings. The van der Waals surface area contributed by atoms with Gasteiger partial charge in [-0.25, -0.2) is 0 Å². The predicted octanol–water partition coefficient (Wildman–Crippen LogP) is 2.61. The fraction of sp³-hybridized carbons (Fsp3) is 0.600. The van der Waals surface area contributed by atoms with Crippen LogP contribution in [0.3, 0.4) is 0 Å². The molecule has 1 aliphatic rings. The summed E-state index contributed by atoms with van der Waals surface area (Å²) in [7, 11) is 0. The number of nitrogens with zero attached hydrogens (tertiary/aromatic N) is 1. The SMILES string of the molecule is Cc1cccc([C@H](CCF)N2CCNCC2)c1C. The van der Waals surface area contributed by atoms with Gasteiger partial charge in [-0.3, -0.25) is 9.29 Å². The average molecular weight is 250 g/mol. The van der Waals surface area contributed by atoms with Gasteiger partial charge in [-0.15, -0.1) is 0 Å². The summed E-state index contributed by atoms with van der Waals surface area (Å²) in [6.45, 7) is 8.07. The van der Waals surface area contributed by atoms with Crippen LogP contribution in [0.4, 0.5) is 4.39 Å². The van der Waals surface area contributed by atoms with E-state index in [1.54, 1.807) is 0 Å². The number of nitrogens with one attached hydrogen (secondary N) is 1. The van der Waals surface area contributed by atoms with Crippen LogP contribution in [0.2, 0.25) is 0 Å². The topological polar surface area (TPSA) is 15.3 Å². The number of rotatable bonds is 4. The van der Waals surface area contributed by atoms with Crippen molar-refractivity contribution in [2.24, 2.45) is 0 Å². The molecule has 0 radical (unpaired) electrons. The third-order valence-corrected chi connectivity index (χ3v) is 3.98. The van der Waals surface area contributed by atoms with Crippen LogP contribution < -0.4 is 5.32 Å². The largest absolute Gasteiger partial charge is 0.314 e. The summed E-state index contributed by atoms with van der Waals surface area (Å²) < 4.78 is 12.9. The van der Waals surface area contributed by atoms with Crippen LogP contribution in [0.25, 0.3) is 0 Å². The second-order valence-electron chi connectivity index (χ2n) is 5.07. The number of aryl methyl sites for hydroxylation is 1. The van der Waals surface area contributed by atoms with Gasteiger partial charge in [0.2, 0.25) is 0 Å². The van der Waals surface area contributed by atoms with E-state index in [0.717, 1.165) is 26.2 Å².